The molecule has 3 heterocycles. The van der Waals surface area contributed by atoms with Gasteiger partial charge in [-0.2, -0.15) is 4.98 Å². The molecule has 0 aliphatic heterocycles. The number of hydrogen-bond donors (Lipinski definition) is 3. The van der Waals surface area contributed by atoms with Crippen LogP contribution in [0.25, 0.3) is 11.2 Å². The van der Waals surface area contributed by atoms with Crippen molar-refractivity contribution in [3.63, 3.8) is 0 Å². The molecule has 0 aliphatic carbocycles. The molecule has 10 heteroatoms. The fourth-order valence-electron chi connectivity index (χ4n) is 3.00. The molecule has 30 heavy (non-hydrogen) atoms. The van der Waals surface area contributed by atoms with E-state index in [2.05, 4.69) is 35.6 Å². The van der Waals surface area contributed by atoms with Crippen molar-refractivity contribution in [3.05, 3.63) is 48.5 Å². The van der Waals surface area contributed by atoms with E-state index in [0.29, 0.717) is 52.4 Å². The monoisotopic (exact) mass is 407 g/mol. The molecule has 0 spiro atoms. The molecule has 0 unspecified atom stereocenters. The maximum absolute atomic E-state index is 5.40. The summed E-state index contributed by atoms with van der Waals surface area (Å²) in [7, 11) is 4.70. The zero-order valence-electron chi connectivity index (χ0n) is 16.8. The third kappa shape index (κ3) is 3.88. The number of aromatic nitrogens is 5. The molecule has 4 rings (SSSR count). The number of benzene rings is 1. The van der Waals surface area contributed by atoms with E-state index in [9.17, 15) is 0 Å². The minimum absolute atomic E-state index is 0.504. The number of H-pyrrole nitrogens is 1. The Bertz CT molecular complexity index is 1120. The van der Waals surface area contributed by atoms with E-state index < -0.39 is 0 Å². The first-order chi connectivity index (χ1) is 14.7. The average molecular weight is 407 g/mol. The Balaban J connectivity index is 1.60. The number of nitrogens with one attached hydrogen (secondary N) is 3. The number of anilines is 3. The standard InChI is InChI=1S/C20H21N7O3/c1-28-14-7-13(8-15(29-2)17(14)30-3)25-20-26-16-18(23-11-24-19(16)27-20)22-10-12-5-4-6-21-9-12/h4-9,11H,10H2,1-3H3,(H3,22,23,24,25,26,27). The van der Waals surface area contributed by atoms with Gasteiger partial charge >= 0.3 is 0 Å². The van der Waals surface area contributed by atoms with Crippen LogP contribution in [-0.4, -0.2) is 46.2 Å². The fraction of sp³-hybridized carbons (Fsp3) is 0.200. The maximum atomic E-state index is 5.40. The number of ether oxygens (including phenoxy) is 3. The fourth-order valence-corrected chi connectivity index (χ4v) is 3.00. The Morgan fingerprint density at radius 2 is 1.83 bits per heavy atom. The molecule has 0 fully saturated rings. The maximum Gasteiger partial charge on any atom is 0.207 e. The quantitative estimate of drug-likeness (QED) is 0.405. The molecule has 0 bridgehead atoms. The summed E-state index contributed by atoms with van der Waals surface area (Å²) in [5, 5.41) is 6.49. The molecular weight excluding hydrogens is 386 g/mol. The first kappa shape index (κ1) is 19.2. The summed E-state index contributed by atoms with van der Waals surface area (Å²) in [5.74, 6) is 2.74. The average Bonchev–Trinajstić information content (AvgIpc) is 3.20. The minimum atomic E-state index is 0.504. The summed E-state index contributed by atoms with van der Waals surface area (Å²) in [6.45, 7) is 0.578. The highest BCUT2D eigenvalue weighted by molar-refractivity contribution is 5.85. The Kier molecular flexibility index (Phi) is 5.46. The molecule has 4 aromatic rings. The zero-order valence-corrected chi connectivity index (χ0v) is 16.8. The van der Waals surface area contributed by atoms with Crippen molar-refractivity contribution >= 4 is 28.6 Å². The summed E-state index contributed by atoms with van der Waals surface area (Å²) in [5.41, 5.74) is 2.98. The molecular formula is C20H21N7O3. The van der Waals surface area contributed by atoms with E-state index in [4.69, 9.17) is 14.2 Å². The van der Waals surface area contributed by atoms with Gasteiger partial charge in [0.15, 0.2) is 23.0 Å². The molecule has 1 aromatic carbocycles. The summed E-state index contributed by atoms with van der Waals surface area (Å²) >= 11 is 0. The smallest absolute Gasteiger partial charge is 0.207 e. The number of fused-ring (bicyclic) bond motifs is 1. The highest BCUT2D eigenvalue weighted by Gasteiger charge is 2.15. The van der Waals surface area contributed by atoms with Gasteiger partial charge < -0.3 is 29.8 Å². The topological polar surface area (TPSA) is 119 Å². The zero-order chi connectivity index (χ0) is 20.9. The number of hydrogen-bond acceptors (Lipinski definition) is 9. The van der Waals surface area contributed by atoms with E-state index >= 15 is 0 Å². The van der Waals surface area contributed by atoms with Gasteiger partial charge in [-0.1, -0.05) is 6.07 Å². The van der Waals surface area contributed by atoms with Crippen molar-refractivity contribution < 1.29 is 14.2 Å². The Morgan fingerprint density at radius 1 is 1.03 bits per heavy atom. The normalized spacial score (nSPS) is 10.6. The van der Waals surface area contributed by atoms with E-state index in [-0.39, 0.29) is 0 Å². The van der Waals surface area contributed by atoms with E-state index in [1.165, 1.54) is 6.33 Å². The van der Waals surface area contributed by atoms with Crippen molar-refractivity contribution in [1.82, 2.24) is 24.9 Å². The van der Waals surface area contributed by atoms with Crippen molar-refractivity contribution in [2.24, 2.45) is 0 Å². The van der Waals surface area contributed by atoms with E-state index in [0.717, 1.165) is 5.56 Å². The molecule has 0 amide bonds. The van der Waals surface area contributed by atoms with E-state index in [1.807, 2.05) is 12.1 Å². The lowest BCUT2D eigenvalue weighted by Gasteiger charge is -2.14. The van der Waals surface area contributed by atoms with Crippen LogP contribution in [0.15, 0.2) is 43.0 Å². The predicted octanol–water partition coefficient (Wildman–Crippen LogP) is 3.13. The SMILES string of the molecule is COc1cc(Nc2nc3ncnc(NCc4cccnc4)c3[nH]2)cc(OC)c1OC. The van der Waals surface area contributed by atoms with Gasteiger partial charge in [-0.25, -0.2) is 9.97 Å². The number of imidazole rings is 1. The Morgan fingerprint density at radius 3 is 2.50 bits per heavy atom. The second kappa shape index (κ2) is 8.52. The van der Waals surface area contributed by atoms with Crippen LogP contribution in [0.1, 0.15) is 5.56 Å². The summed E-state index contributed by atoms with van der Waals surface area (Å²) in [4.78, 5) is 20.4. The number of methoxy groups -OCH3 is 3. The molecule has 10 nitrogen and oxygen atoms in total. The van der Waals surface area contributed by atoms with Crippen LogP contribution in [0, 0.1) is 0 Å². The largest absolute Gasteiger partial charge is 0.493 e. The third-order valence-electron chi connectivity index (χ3n) is 4.40. The summed E-state index contributed by atoms with van der Waals surface area (Å²) in [6, 6.07) is 7.47. The van der Waals surface area contributed by atoms with Crippen molar-refractivity contribution in [3.8, 4) is 17.2 Å². The molecule has 0 radical (unpaired) electrons. The molecule has 0 saturated carbocycles. The second-order valence-corrected chi connectivity index (χ2v) is 6.26. The Labute approximate surface area is 172 Å². The molecule has 0 atom stereocenters. The van der Waals surface area contributed by atoms with Gasteiger partial charge in [0.1, 0.15) is 11.8 Å². The highest BCUT2D eigenvalue weighted by atomic mass is 16.5. The van der Waals surface area contributed by atoms with Crippen LogP contribution >= 0.6 is 0 Å². The van der Waals surface area contributed by atoms with Gasteiger partial charge in [-0.05, 0) is 11.6 Å². The van der Waals surface area contributed by atoms with E-state index in [1.54, 1.807) is 45.9 Å². The highest BCUT2D eigenvalue weighted by Crippen LogP contribution is 2.40. The molecule has 0 saturated heterocycles. The molecule has 154 valence electrons. The van der Waals surface area contributed by atoms with Crippen LogP contribution in [-0.2, 0) is 6.54 Å². The number of nitrogens with zero attached hydrogens (tertiary/aromatic N) is 4. The van der Waals surface area contributed by atoms with Crippen LogP contribution in [0.2, 0.25) is 0 Å². The van der Waals surface area contributed by atoms with Gasteiger partial charge in [0.25, 0.3) is 0 Å². The second-order valence-electron chi connectivity index (χ2n) is 6.26. The number of rotatable bonds is 8. The third-order valence-corrected chi connectivity index (χ3v) is 4.40. The van der Waals surface area contributed by atoms with Crippen LogP contribution in [0.4, 0.5) is 17.5 Å². The van der Waals surface area contributed by atoms with Crippen molar-refractivity contribution in [2.75, 3.05) is 32.0 Å². The van der Waals surface area contributed by atoms with Crippen molar-refractivity contribution in [2.45, 2.75) is 6.54 Å². The van der Waals surface area contributed by atoms with Crippen LogP contribution < -0.4 is 24.8 Å². The summed E-state index contributed by atoms with van der Waals surface area (Å²) < 4.78 is 16.2. The number of aromatic amines is 1. The Hall–Kier alpha value is -4.08. The lowest BCUT2D eigenvalue weighted by Crippen LogP contribution is -2.02. The predicted molar refractivity (Wildman–Crippen MR) is 113 cm³/mol. The molecule has 0 aliphatic rings. The van der Waals surface area contributed by atoms with Crippen LogP contribution in [0.5, 0.6) is 17.2 Å². The van der Waals surface area contributed by atoms with Gasteiger partial charge in [-0.15, -0.1) is 0 Å². The lowest BCUT2D eigenvalue weighted by atomic mass is 10.2. The minimum Gasteiger partial charge on any atom is -0.493 e. The van der Waals surface area contributed by atoms with Crippen molar-refractivity contribution in [1.29, 1.82) is 0 Å². The van der Waals surface area contributed by atoms with Crippen LogP contribution in [0.3, 0.4) is 0 Å². The van der Waals surface area contributed by atoms with Gasteiger partial charge in [-0.3, -0.25) is 4.98 Å². The first-order valence-electron chi connectivity index (χ1n) is 9.12. The first-order valence-corrected chi connectivity index (χ1v) is 9.12. The molecule has 3 N–H and O–H groups in total. The van der Waals surface area contributed by atoms with Gasteiger partial charge in [0.2, 0.25) is 11.7 Å². The van der Waals surface area contributed by atoms with Gasteiger partial charge in [0.05, 0.1) is 21.3 Å². The molecule has 3 aromatic heterocycles. The number of pyridine rings is 1. The lowest BCUT2D eigenvalue weighted by molar-refractivity contribution is 0.324. The van der Waals surface area contributed by atoms with Gasteiger partial charge in [0, 0.05) is 36.8 Å². The summed E-state index contributed by atoms with van der Waals surface area (Å²) in [6.07, 6.45) is 5.01.